The van der Waals surface area contributed by atoms with Crippen LogP contribution in [0.4, 0.5) is 6.01 Å². The summed E-state index contributed by atoms with van der Waals surface area (Å²) in [5.41, 5.74) is 2.92. The van der Waals surface area contributed by atoms with E-state index in [1.807, 2.05) is 7.05 Å². The maximum atomic E-state index is 5.53. The highest BCUT2D eigenvalue weighted by molar-refractivity contribution is 5.29. The van der Waals surface area contributed by atoms with E-state index in [9.17, 15) is 0 Å². The zero-order chi connectivity index (χ0) is 15.4. The van der Waals surface area contributed by atoms with Crippen molar-refractivity contribution >= 4 is 6.01 Å². The molecule has 6 nitrogen and oxygen atoms in total. The van der Waals surface area contributed by atoms with E-state index in [1.54, 1.807) is 0 Å². The molecule has 1 aliphatic rings. The van der Waals surface area contributed by atoms with Crippen LogP contribution < -0.4 is 10.6 Å². The van der Waals surface area contributed by atoms with Gasteiger partial charge < -0.3 is 15.1 Å². The Bertz CT molecular complexity index is 612. The molecule has 3 rings (SSSR count). The molecule has 0 bridgehead atoms. The summed E-state index contributed by atoms with van der Waals surface area (Å²) in [6, 6.07) is 9.45. The van der Waals surface area contributed by atoms with Gasteiger partial charge in [0.15, 0.2) is 0 Å². The van der Waals surface area contributed by atoms with E-state index in [1.165, 1.54) is 11.1 Å². The van der Waals surface area contributed by atoms with Crippen molar-refractivity contribution in [2.75, 3.05) is 25.5 Å². The molecule has 0 aliphatic carbocycles. The summed E-state index contributed by atoms with van der Waals surface area (Å²) in [6.45, 7) is 5.79. The fourth-order valence-electron chi connectivity index (χ4n) is 2.89. The summed E-state index contributed by atoms with van der Waals surface area (Å²) in [5.74, 6) is 0.601. The van der Waals surface area contributed by atoms with Crippen LogP contribution >= 0.6 is 0 Å². The van der Waals surface area contributed by atoms with Crippen LogP contribution in [0.15, 0.2) is 28.7 Å². The number of nitrogens with zero attached hydrogens (tertiary/aromatic N) is 3. The van der Waals surface area contributed by atoms with Gasteiger partial charge in [0.2, 0.25) is 5.89 Å². The van der Waals surface area contributed by atoms with Crippen molar-refractivity contribution in [1.82, 2.24) is 20.4 Å². The van der Waals surface area contributed by atoms with Gasteiger partial charge in [0, 0.05) is 25.7 Å². The number of hydrogen-bond acceptors (Lipinski definition) is 6. The molecule has 0 fully saturated rings. The lowest BCUT2D eigenvalue weighted by atomic mass is 10.00. The first-order valence-corrected chi connectivity index (χ1v) is 7.77. The van der Waals surface area contributed by atoms with Gasteiger partial charge in [0.05, 0.1) is 6.54 Å². The van der Waals surface area contributed by atoms with Crippen molar-refractivity contribution in [1.29, 1.82) is 0 Å². The Hall–Kier alpha value is -1.92. The Kier molecular flexibility index (Phi) is 4.70. The van der Waals surface area contributed by atoms with Crippen molar-refractivity contribution in [2.24, 2.45) is 0 Å². The normalized spacial score (nSPS) is 16.3. The van der Waals surface area contributed by atoms with Crippen LogP contribution in [0.5, 0.6) is 0 Å². The van der Waals surface area contributed by atoms with E-state index < -0.39 is 0 Å². The minimum Gasteiger partial charge on any atom is -0.407 e. The maximum absolute atomic E-state index is 5.53. The lowest BCUT2D eigenvalue weighted by Crippen LogP contribution is -2.38. The summed E-state index contributed by atoms with van der Waals surface area (Å²) >= 11 is 0. The van der Waals surface area contributed by atoms with Gasteiger partial charge in [0.25, 0.3) is 0 Å². The number of hydrogen-bond donors (Lipinski definition) is 2. The molecule has 1 aliphatic heterocycles. The molecule has 118 valence electrons. The molecular weight excluding hydrogens is 278 g/mol. The minimum absolute atomic E-state index is 0.258. The van der Waals surface area contributed by atoms with E-state index in [2.05, 4.69) is 56.9 Å². The number of nitrogens with one attached hydrogen (secondary N) is 2. The standard InChI is InChI=1S/C16H23N5O/c1-12(18-16-20-19-15(22-16)9-17-2)10-21-8-7-13-5-3-4-6-14(13)11-21/h3-6,12,17H,7-11H2,1-2H3,(H,18,20). The van der Waals surface area contributed by atoms with E-state index in [4.69, 9.17) is 4.42 Å². The van der Waals surface area contributed by atoms with Gasteiger partial charge in [-0.25, -0.2) is 0 Å². The average Bonchev–Trinajstić information content (AvgIpc) is 2.94. The number of benzene rings is 1. The first-order chi connectivity index (χ1) is 10.7. The zero-order valence-corrected chi connectivity index (χ0v) is 13.2. The molecule has 1 atom stereocenters. The minimum atomic E-state index is 0.258. The molecule has 0 spiro atoms. The quantitative estimate of drug-likeness (QED) is 0.846. The highest BCUT2D eigenvalue weighted by Crippen LogP contribution is 2.19. The van der Waals surface area contributed by atoms with E-state index >= 15 is 0 Å². The van der Waals surface area contributed by atoms with Gasteiger partial charge in [-0.05, 0) is 31.5 Å². The van der Waals surface area contributed by atoms with Crippen LogP contribution in [0.1, 0.15) is 23.9 Å². The largest absolute Gasteiger partial charge is 0.407 e. The van der Waals surface area contributed by atoms with Gasteiger partial charge in [-0.2, -0.15) is 0 Å². The average molecular weight is 301 g/mol. The van der Waals surface area contributed by atoms with Crippen LogP contribution in [-0.2, 0) is 19.5 Å². The van der Waals surface area contributed by atoms with Crippen molar-refractivity contribution in [3.63, 3.8) is 0 Å². The lowest BCUT2D eigenvalue weighted by molar-refractivity contribution is 0.246. The van der Waals surface area contributed by atoms with Crippen LogP contribution in [-0.4, -0.2) is 41.3 Å². The molecule has 0 saturated carbocycles. The predicted octanol–water partition coefficient (Wildman–Crippen LogP) is 1.65. The first-order valence-electron chi connectivity index (χ1n) is 7.77. The summed E-state index contributed by atoms with van der Waals surface area (Å²) in [4.78, 5) is 2.46. The number of fused-ring (bicyclic) bond motifs is 1. The van der Waals surface area contributed by atoms with Crippen LogP contribution in [0.2, 0.25) is 0 Å². The first kappa shape index (κ1) is 15.0. The summed E-state index contributed by atoms with van der Waals surface area (Å²) in [5, 5.41) is 14.3. The summed E-state index contributed by atoms with van der Waals surface area (Å²) < 4.78 is 5.53. The molecule has 0 amide bonds. The Morgan fingerprint density at radius 3 is 2.91 bits per heavy atom. The van der Waals surface area contributed by atoms with Crippen LogP contribution in [0.25, 0.3) is 0 Å². The Labute approximate surface area is 130 Å². The molecule has 22 heavy (non-hydrogen) atoms. The lowest BCUT2D eigenvalue weighted by Gasteiger charge is -2.30. The molecule has 6 heteroatoms. The molecule has 2 heterocycles. The Morgan fingerprint density at radius 1 is 1.27 bits per heavy atom. The van der Waals surface area contributed by atoms with Crippen molar-refractivity contribution in [2.45, 2.75) is 32.5 Å². The topological polar surface area (TPSA) is 66.2 Å². The van der Waals surface area contributed by atoms with Gasteiger partial charge in [0.1, 0.15) is 0 Å². The van der Waals surface area contributed by atoms with Crippen molar-refractivity contribution in [3.05, 3.63) is 41.3 Å². The van der Waals surface area contributed by atoms with Gasteiger partial charge in [-0.15, -0.1) is 5.10 Å². The molecule has 1 unspecified atom stereocenters. The van der Waals surface area contributed by atoms with Gasteiger partial charge in [-0.1, -0.05) is 29.4 Å². The number of aromatic nitrogens is 2. The Balaban J connectivity index is 1.52. The van der Waals surface area contributed by atoms with E-state index in [0.717, 1.165) is 26.1 Å². The van der Waals surface area contributed by atoms with E-state index in [-0.39, 0.29) is 6.04 Å². The molecule has 1 aromatic carbocycles. The fraction of sp³-hybridized carbons (Fsp3) is 0.500. The second-order valence-corrected chi connectivity index (χ2v) is 5.83. The highest BCUT2D eigenvalue weighted by atomic mass is 16.4. The molecule has 2 aromatic rings. The van der Waals surface area contributed by atoms with E-state index in [0.29, 0.717) is 18.5 Å². The zero-order valence-electron chi connectivity index (χ0n) is 13.2. The monoisotopic (exact) mass is 301 g/mol. The molecule has 0 saturated heterocycles. The van der Waals surface area contributed by atoms with Gasteiger partial charge >= 0.3 is 6.01 Å². The van der Waals surface area contributed by atoms with Crippen molar-refractivity contribution < 1.29 is 4.42 Å². The molecule has 1 aromatic heterocycles. The fourth-order valence-corrected chi connectivity index (χ4v) is 2.89. The van der Waals surface area contributed by atoms with Crippen LogP contribution in [0, 0.1) is 0 Å². The number of rotatable bonds is 6. The molecule has 0 radical (unpaired) electrons. The second kappa shape index (κ2) is 6.89. The van der Waals surface area contributed by atoms with Gasteiger partial charge in [-0.3, -0.25) is 4.90 Å². The molecular formula is C16H23N5O. The number of anilines is 1. The third-order valence-electron chi connectivity index (χ3n) is 3.91. The van der Waals surface area contributed by atoms with Crippen molar-refractivity contribution in [3.8, 4) is 0 Å². The maximum Gasteiger partial charge on any atom is 0.315 e. The Morgan fingerprint density at radius 2 is 2.09 bits per heavy atom. The molecule has 2 N–H and O–H groups in total. The predicted molar refractivity (Wildman–Crippen MR) is 85.6 cm³/mol. The third-order valence-corrected chi connectivity index (χ3v) is 3.91. The summed E-state index contributed by atoms with van der Waals surface area (Å²) in [7, 11) is 1.86. The summed E-state index contributed by atoms with van der Waals surface area (Å²) in [6.07, 6.45) is 1.12. The van der Waals surface area contributed by atoms with Crippen LogP contribution in [0.3, 0.4) is 0 Å². The smallest absolute Gasteiger partial charge is 0.315 e. The SMILES string of the molecule is CNCc1nnc(NC(C)CN2CCc3ccccc3C2)o1. The third kappa shape index (κ3) is 3.64. The highest BCUT2D eigenvalue weighted by Gasteiger charge is 2.18. The second-order valence-electron chi connectivity index (χ2n) is 5.83.